The van der Waals surface area contributed by atoms with Crippen molar-refractivity contribution in [3.8, 4) is 101 Å². The van der Waals surface area contributed by atoms with E-state index in [1.165, 1.54) is 132 Å². The molecule has 0 atom stereocenters. The fourth-order valence-corrected chi connectivity index (χ4v) is 21.9. The van der Waals surface area contributed by atoms with E-state index in [0.29, 0.717) is 0 Å². The van der Waals surface area contributed by atoms with Crippen LogP contribution in [0.1, 0.15) is 69.5 Å². The Hall–Kier alpha value is -17.1. The zero-order valence-electron chi connectivity index (χ0n) is 73.2. The van der Waals surface area contributed by atoms with Crippen LogP contribution in [0.3, 0.4) is 0 Å². The van der Waals surface area contributed by atoms with Crippen molar-refractivity contribution >= 4 is 86.6 Å². The summed E-state index contributed by atoms with van der Waals surface area (Å²) in [5.41, 5.74) is 32.0. The van der Waals surface area contributed by atoms with Gasteiger partial charge in [0, 0.05) is 60.3 Å². The third kappa shape index (κ3) is 12.8. The number of hydrogen-bond acceptors (Lipinski definition) is 6. The highest BCUT2D eigenvalue weighted by atomic mass is 14.9. The first-order chi connectivity index (χ1) is 65.7. The summed E-state index contributed by atoms with van der Waals surface area (Å²) in [6.45, 7) is 4.65. The summed E-state index contributed by atoms with van der Waals surface area (Å²) in [6, 6.07) is 170. The summed E-state index contributed by atoms with van der Waals surface area (Å²) in [5.74, 6) is 2.21. The molecule has 6 nitrogen and oxygen atoms in total. The lowest BCUT2D eigenvalue weighted by atomic mass is 9.67. The minimum absolute atomic E-state index is 0.0178. The van der Waals surface area contributed by atoms with Gasteiger partial charge in [0.05, 0.1) is 44.5 Å². The van der Waals surface area contributed by atoms with Gasteiger partial charge in [0.25, 0.3) is 0 Å². The molecule has 0 amide bonds. The van der Waals surface area contributed by atoms with Crippen molar-refractivity contribution in [2.45, 2.75) is 30.1 Å². The van der Waals surface area contributed by atoms with Crippen LogP contribution in [-0.2, 0) is 16.2 Å². The van der Waals surface area contributed by atoms with Gasteiger partial charge in [-0.05, 0) is 210 Å². The molecule has 3 heterocycles. The number of aromatic nitrogens is 6. The fourth-order valence-electron chi connectivity index (χ4n) is 21.9. The maximum absolute atomic E-state index is 5.32. The second-order valence-corrected chi connectivity index (χ2v) is 35.8. The van der Waals surface area contributed by atoms with Crippen LogP contribution in [0.4, 0.5) is 0 Å². The van der Waals surface area contributed by atoms with Crippen LogP contribution in [0.15, 0.2) is 473 Å². The van der Waals surface area contributed by atoms with Crippen molar-refractivity contribution in [1.82, 2.24) is 29.9 Å². The second kappa shape index (κ2) is 31.7. The van der Waals surface area contributed by atoms with Gasteiger partial charge < -0.3 is 0 Å². The van der Waals surface area contributed by atoms with Crippen molar-refractivity contribution in [3.63, 3.8) is 0 Å². The van der Waals surface area contributed by atoms with Gasteiger partial charge in [0.15, 0.2) is 17.5 Å². The Bertz CT molecular complexity index is 8690. The lowest BCUT2D eigenvalue weighted by Crippen LogP contribution is -2.28. The highest BCUT2D eigenvalue weighted by Gasteiger charge is 2.48. The number of para-hydroxylation sites is 1. The summed E-state index contributed by atoms with van der Waals surface area (Å²) in [7, 11) is 0. The fraction of sp³-hybridized carbons (Fsp3) is 0.0394. The SMILES string of the molecule is CC1(C)c2ccccc2-c2cc3ccc(-c4nc(-c5ccccc5)c5ccccc5n4)cc3cc21.c1ccc(-c2nc(-c3ccc4cc5c(cc4c3)C(c3ccccc3)(c3ccccc3)c3ccccc3-5)nc3c2ccc2ccccc23)cc1.c1ccc(-c2nc(-c3ccc4cc5c(cc4c3)C(c3ccccc3)(c3ccccc3)c3ccccc3-5)nc3ccc4ccccc4c23)cc1. The zero-order valence-corrected chi connectivity index (χ0v) is 73.2. The molecule has 3 aromatic heterocycles. The maximum atomic E-state index is 5.32. The van der Waals surface area contributed by atoms with Crippen molar-refractivity contribution in [2.75, 3.05) is 0 Å². The smallest absolute Gasteiger partial charge is 0.160 e. The molecule has 0 radical (unpaired) electrons. The van der Waals surface area contributed by atoms with Crippen molar-refractivity contribution < 1.29 is 0 Å². The van der Waals surface area contributed by atoms with Gasteiger partial charge in [0.2, 0.25) is 0 Å². The first-order valence-corrected chi connectivity index (χ1v) is 45.8. The van der Waals surface area contributed by atoms with Gasteiger partial charge in [0.1, 0.15) is 0 Å². The average molecular weight is 1690 g/mol. The van der Waals surface area contributed by atoms with E-state index in [1.54, 1.807) is 0 Å². The van der Waals surface area contributed by atoms with Gasteiger partial charge in [-0.2, -0.15) is 0 Å². The van der Waals surface area contributed by atoms with E-state index >= 15 is 0 Å². The Morgan fingerprint density at radius 1 is 0.173 bits per heavy atom. The number of hydrogen-bond donors (Lipinski definition) is 0. The van der Waals surface area contributed by atoms with E-state index in [-0.39, 0.29) is 5.41 Å². The summed E-state index contributed by atoms with van der Waals surface area (Å²) in [5, 5.41) is 15.1. The van der Waals surface area contributed by atoms with Crippen LogP contribution in [0.25, 0.3) is 188 Å². The van der Waals surface area contributed by atoms with Gasteiger partial charge >= 0.3 is 0 Å². The van der Waals surface area contributed by atoms with Crippen molar-refractivity contribution in [2.24, 2.45) is 0 Å². The number of nitrogens with zero attached hydrogens (tertiary/aromatic N) is 6. The van der Waals surface area contributed by atoms with E-state index in [9.17, 15) is 0 Å². The Kier molecular flexibility index (Phi) is 18.6. The molecule has 24 aromatic rings. The van der Waals surface area contributed by atoms with Gasteiger partial charge in [-0.15, -0.1) is 0 Å². The highest BCUT2D eigenvalue weighted by molar-refractivity contribution is 6.14. The quantitative estimate of drug-likeness (QED) is 0.127. The molecule has 0 saturated heterocycles. The molecule has 3 aliphatic rings. The van der Waals surface area contributed by atoms with E-state index in [1.807, 2.05) is 24.3 Å². The first-order valence-electron chi connectivity index (χ1n) is 45.8. The predicted molar refractivity (Wildman–Crippen MR) is 551 cm³/mol. The maximum Gasteiger partial charge on any atom is 0.160 e. The summed E-state index contributed by atoms with van der Waals surface area (Å²) in [4.78, 5) is 31.1. The van der Waals surface area contributed by atoms with Gasteiger partial charge in [-0.3, -0.25) is 0 Å². The topological polar surface area (TPSA) is 77.3 Å². The Morgan fingerprint density at radius 3 is 0.985 bits per heavy atom. The molecule has 0 spiro atoms. The van der Waals surface area contributed by atoms with Crippen LogP contribution >= 0.6 is 0 Å². The van der Waals surface area contributed by atoms with E-state index in [4.69, 9.17) is 29.9 Å². The Morgan fingerprint density at radius 2 is 0.504 bits per heavy atom. The highest BCUT2D eigenvalue weighted by Crippen LogP contribution is 2.60. The molecule has 0 aliphatic heterocycles. The second-order valence-electron chi connectivity index (χ2n) is 35.8. The molecule has 3 aliphatic carbocycles. The van der Waals surface area contributed by atoms with Crippen molar-refractivity contribution in [3.05, 3.63) is 529 Å². The molecule has 0 saturated carbocycles. The largest absolute Gasteiger partial charge is 0.228 e. The lowest BCUT2D eigenvalue weighted by molar-refractivity contribution is 0.661. The normalized spacial score (nSPS) is 13.2. The molecule has 0 bridgehead atoms. The number of benzene rings is 21. The minimum Gasteiger partial charge on any atom is -0.228 e. The molecule has 21 aromatic carbocycles. The Balaban J connectivity index is 0.000000109. The molecule has 0 fully saturated rings. The Labute approximate surface area is 771 Å². The standard InChI is InChI=1S/2C47H30N2.C33H24N2/c1-4-15-32(16-5-1)45-44-38-21-11-10-14-31(38)26-27-43(44)48-46(49-45)34-25-24-33-29-40-39-22-12-13-23-41(39)47(36-17-6-2-7-18-36,37-19-8-3-9-20-37)42(40)30-35(33)28-34;1-4-15-32(16-5-1)44-40-27-26-31-14-10-11-21-38(31)45(40)49-46(48-44)34-25-24-33-29-41-39-22-12-13-23-42(39)47(36-17-6-2-7-18-36,37-19-8-3-9-20-37)43(41)30-35(33)28-34;1-33(2)28-14-8-6-12-25(28)27-19-22-16-17-23(18-24(22)20-29(27)33)32-34-30-15-9-7-13-26(30)31(35-32)21-10-4-3-5-11-21/h2*1-30H;3-20H,1-2H3. The van der Waals surface area contributed by atoms with E-state index < -0.39 is 10.8 Å². The lowest BCUT2D eigenvalue weighted by Gasteiger charge is -2.34. The zero-order chi connectivity index (χ0) is 88.3. The summed E-state index contributed by atoms with van der Waals surface area (Å²) in [6.07, 6.45) is 0. The summed E-state index contributed by atoms with van der Waals surface area (Å²) >= 11 is 0. The van der Waals surface area contributed by atoms with Gasteiger partial charge in [-0.25, -0.2) is 29.9 Å². The predicted octanol–water partition coefficient (Wildman–Crippen LogP) is 31.7. The van der Waals surface area contributed by atoms with Crippen LogP contribution in [-0.4, -0.2) is 29.9 Å². The van der Waals surface area contributed by atoms with E-state index in [2.05, 4.69) is 463 Å². The van der Waals surface area contributed by atoms with Gasteiger partial charge in [-0.1, -0.05) is 414 Å². The van der Waals surface area contributed by atoms with Crippen LogP contribution in [0.2, 0.25) is 0 Å². The molecule has 6 heteroatoms. The molecule has 0 unspecified atom stereocenters. The average Bonchev–Trinajstić information content (AvgIpc) is 1.54. The monoisotopic (exact) mass is 1690 g/mol. The third-order valence-corrected chi connectivity index (χ3v) is 28.1. The van der Waals surface area contributed by atoms with Crippen LogP contribution in [0.5, 0.6) is 0 Å². The van der Waals surface area contributed by atoms with E-state index in [0.717, 1.165) is 111 Å². The van der Waals surface area contributed by atoms with Crippen LogP contribution < -0.4 is 0 Å². The van der Waals surface area contributed by atoms with Crippen LogP contribution in [0, 0.1) is 0 Å². The molecular weight excluding hydrogens is 1610 g/mol. The third-order valence-electron chi connectivity index (χ3n) is 28.1. The van der Waals surface area contributed by atoms with Crippen molar-refractivity contribution in [1.29, 1.82) is 0 Å². The minimum atomic E-state index is -0.447. The number of rotatable bonds is 10. The summed E-state index contributed by atoms with van der Waals surface area (Å²) < 4.78 is 0. The molecule has 0 N–H and O–H groups in total. The molecular formula is C127H84N6. The molecule has 622 valence electrons. The first kappa shape index (κ1) is 78.2. The molecule has 27 rings (SSSR count). The number of fused-ring (bicyclic) bond motifs is 19. The molecule has 133 heavy (non-hydrogen) atoms.